The lowest BCUT2D eigenvalue weighted by molar-refractivity contribution is -0.121. The maximum atomic E-state index is 13.2. The Hall–Kier alpha value is -1.95. The van der Waals surface area contributed by atoms with E-state index in [0.29, 0.717) is 38.2 Å². The number of carbonyl (C=O) groups is 1. The molecule has 1 aromatic carbocycles. The summed E-state index contributed by atoms with van der Waals surface area (Å²) in [4.78, 5) is 13.4. The maximum Gasteiger partial charge on any atom is 0.221 e. The predicted octanol–water partition coefficient (Wildman–Crippen LogP) is 1.12. The Labute approximate surface area is 117 Å². The summed E-state index contributed by atoms with van der Waals surface area (Å²) in [7, 11) is 1.58. The summed E-state index contributed by atoms with van der Waals surface area (Å²) in [6.07, 6.45) is 0.308. The molecule has 1 aliphatic rings. The number of amidine groups is 1. The summed E-state index contributed by atoms with van der Waals surface area (Å²) in [5.74, 6) is -0.131. The molecular weight excluding hydrogens is 261 g/mol. The monoisotopic (exact) mass is 279 g/mol. The third-order valence-electron chi connectivity index (χ3n) is 3.24. The zero-order valence-corrected chi connectivity index (χ0v) is 11.4. The van der Waals surface area contributed by atoms with E-state index in [2.05, 4.69) is 5.32 Å². The van der Waals surface area contributed by atoms with Crippen LogP contribution in [0.2, 0.25) is 0 Å². The van der Waals surface area contributed by atoms with E-state index in [1.807, 2.05) is 0 Å². The van der Waals surface area contributed by atoms with Gasteiger partial charge in [0.2, 0.25) is 5.91 Å². The summed E-state index contributed by atoms with van der Waals surface area (Å²) >= 11 is 0. The zero-order chi connectivity index (χ0) is 14.5. The number of carbonyl (C=O) groups excluding carboxylic acids is 1. The molecule has 2 rings (SSSR count). The van der Waals surface area contributed by atoms with Gasteiger partial charge in [-0.25, -0.2) is 4.39 Å². The van der Waals surface area contributed by atoms with Crippen LogP contribution in [0.4, 0.5) is 4.39 Å². The van der Waals surface area contributed by atoms with Gasteiger partial charge >= 0.3 is 0 Å². The summed E-state index contributed by atoms with van der Waals surface area (Å²) in [6.45, 7) is 1.97. The van der Waals surface area contributed by atoms with Crippen LogP contribution in [0.25, 0.3) is 0 Å². The Morgan fingerprint density at radius 3 is 3.10 bits per heavy atom. The third kappa shape index (κ3) is 3.33. The van der Waals surface area contributed by atoms with E-state index in [-0.39, 0.29) is 17.6 Å². The van der Waals surface area contributed by atoms with Crippen LogP contribution in [0.1, 0.15) is 17.5 Å². The van der Waals surface area contributed by atoms with E-state index < -0.39 is 0 Å². The standard InChI is InChI=1S/C14H18FN3O2/c1-20-7-5-17-13(19)4-6-18-9-10-2-3-11(15)8-12(10)14(18)16/h2-3,8,16H,4-7,9H2,1H3,(H,17,19). The highest BCUT2D eigenvalue weighted by Gasteiger charge is 2.24. The van der Waals surface area contributed by atoms with Crippen LogP contribution >= 0.6 is 0 Å². The molecule has 1 aliphatic heterocycles. The van der Waals surface area contributed by atoms with Gasteiger partial charge in [-0.2, -0.15) is 0 Å². The number of ether oxygens (including phenoxy) is 1. The smallest absolute Gasteiger partial charge is 0.221 e. The van der Waals surface area contributed by atoms with Gasteiger partial charge in [-0.05, 0) is 17.7 Å². The number of fused-ring (bicyclic) bond motifs is 1. The molecular formula is C14H18FN3O2. The molecule has 0 spiro atoms. The minimum atomic E-state index is -0.340. The summed E-state index contributed by atoms with van der Waals surface area (Å²) in [6, 6.07) is 4.46. The van der Waals surface area contributed by atoms with Crippen molar-refractivity contribution in [2.24, 2.45) is 0 Å². The molecule has 1 aromatic rings. The molecule has 2 N–H and O–H groups in total. The Morgan fingerprint density at radius 2 is 2.35 bits per heavy atom. The lowest BCUT2D eigenvalue weighted by Gasteiger charge is -2.17. The van der Waals surface area contributed by atoms with Gasteiger partial charge in [-0.1, -0.05) is 6.07 Å². The van der Waals surface area contributed by atoms with Crippen molar-refractivity contribution in [1.82, 2.24) is 10.2 Å². The first-order valence-electron chi connectivity index (χ1n) is 6.49. The Balaban J connectivity index is 1.84. The highest BCUT2D eigenvalue weighted by atomic mass is 19.1. The molecule has 0 bridgehead atoms. The molecule has 20 heavy (non-hydrogen) atoms. The second-order valence-corrected chi connectivity index (χ2v) is 4.66. The lowest BCUT2D eigenvalue weighted by Crippen LogP contribution is -2.32. The van der Waals surface area contributed by atoms with Gasteiger partial charge in [0, 0.05) is 38.7 Å². The highest BCUT2D eigenvalue weighted by Crippen LogP contribution is 2.23. The summed E-state index contributed by atoms with van der Waals surface area (Å²) < 4.78 is 18.0. The fourth-order valence-corrected chi connectivity index (χ4v) is 2.17. The van der Waals surface area contributed by atoms with Gasteiger partial charge in [-0.3, -0.25) is 10.2 Å². The van der Waals surface area contributed by atoms with Crippen molar-refractivity contribution in [2.45, 2.75) is 13.0 Å². The van der Waals surface area contributed by atoms with Crippen LogP contribution in [0.15, 0.2) is 18.2 Å². The van der Waals surface area contributed by atoms with Gasteiger partial charge in [0.05, 0.1) is 6.61 Å². The molecule has 1 heterocycles. The molecule has 6 heteroatoms. The first-order valence-corrected chi connectivity index (χ1v) is 6.49. The zero-order valence-electron chi connectivity index (χ0n) is 11.4. The van der Waals surface area contributed by atoms with Gasteiger partial charge in [-0.15, -0.1) is 0 Å². The van der Waals surface area contributed by atoms with Crippen molar-refractivity contribution in [2.75, 3.05) is 26.8 Å². The van der Waals surface area contributed by atoms with Crippen molar-refractivity contribution >= 4 is 11.7 Å². The van der Waals surface area contributed by atoms with Crippen LogP contribution in [0.3, 0.4) is 0 Å². The minimum absolute atomic E-state index is 0.0722. The fraction of sp³-hybridized carbons (Fsp3) is 0.429. The first kappa shape index (κ1) is 14.5. The second-order valence-electron chi connectivity index (χ2n) is 4.66. The average Bonchev–Trinajstić information content (AvgIpc) is 2.74. The normalized spacial score (nSPS) is 13.5. The number of hydrogen-bond donors (Lipinski definition) is 2. The molecule has 1 amide bonds. The maximum absolute atomic E-state index is 13.2. The molecule has 0 unspecified atom stereocenters. The van der Waals surface area contributed by atoms with Crippen LogP contribution in [-0.4, -0.2) is 43.4 Å². The van der Waals surface area contributed by atoms with E-state index >= 15 is 0 Å². The van der Waals surface area contributed by atoms with Gasteiger partial charge in [0.1, 0.15) is 11.7 Å². The van der Waals surface area contributed by atoms with Gasteiger partial charge < -0.3 is 15.0 Å². The molecule has 0 radical (unpaired) electrons. The summed E-state index contributed by atoms with van der Waals surface area (Å²) in [5, 5.41) is 10.7. The number of amides is 1. The molecule has 108 valence electrons. The predicted molar refractivity (Wildman–Crippen MR) is 73.1 cm³/mol. The van der Waals surface area contributed by atoms with E-state index in [1.54, 1.807) is 18.1 Å². The van der Waals surface area contributed by atoms with Crippen LogP contribution in [0, 0.1) is 11.2 Å². The average molecular weight is 279 g/mol. The van der Waals surface area contributed by atoms with Crippen molar-refractivity contribution in [3.63, 3.8) is 0 Å². The van der Waals surface area contributed by atoms with E-state index in [1.165, 1.54) is 12.1 Å². The SMILES string of the molecule is COCCNC(=O)CCN1Cc2ccc(F)cc2C1=N. The Kier molecular flexibility index (Phi) is 4.68. The van der Waals surface area contributed by atoms with Crippen LogP contribution in [-0.2, 0) is 16.1 Å². The topological polar surface area (TPSA) is 65.4 Å². The highest BCUT2D eigenvalue weighted by molar-refractivity contribution is 6.00. The molecule has 0 saturated heterocycles. The van der Waals surface area contributed by atoms with E-state index in [4.69, 9.17) is 10.1 Å². The molecule has 0 saturated carbocycles. The quantitative estimate of drug-likeness (QED) is 0.767. The number of rotatable bonds is 6. The van der Waals surface area contributed by atoms with Gasteiger partial charge in [0.15, 0.2) is 0 Å². The van der Waals surface area contributed by atoms with E-state index in [9.17, 15) is 9.18 Å². The van der Waals surface area contributed by atoms with Gasteiger partial charge in [0.25, 0.3) is 0 Å². The van der Waals surface area contributed by atoms with Crippen molar-refractivity contribution in [3.8, 4) is 0 Å². The number of nitrogens with one attached hydrogen (secondary N) is 2. The lowest BCUT2D eigenvalue weighted by atomic mass is 10.1. The molecule has 0 fully saturated rings. The third-order valence-corrected chi connectivity index (χ3v) is 3.24. The number of methoxy groups -OCH3 is 1. The number of benzene rings is 1. The number of halogens is 1. The molecule has 0 atom stereocenters. The molecule has 5 nitrogen and oxygen atoms in total. The second kappa shape index (κ2) is 6.47. The number of nitrogens with zero attached hydrogens (tertiary/aromatic N) is 1. The Morgan fingerprint density at radius 1 is 1.55 bits per heavy atom. The minimum Gasteiger partial charge on any atom is -0.383 e. The largest absolute Gasteiger partial charge is 0.383 e. The van der Waals surface area contributed by atoms with Crippen LogP contribution in [0.5, 0.6) is 0 Å². The Bertz CT molecular complexity index is 519. The summed E-state index contributed by atoms with van der Waals surface area (Å²) in [5.41, 5.74) is 1.54. The van der Waals surface area contributed by atoms with Crippen molar-refractivity contribution < 1.29 is 13.9 Å². The fourth-order valence-electron chi connectivity index (χ4n) is 2.17. The van der Waals surface area contributed by atoms with E-state index in [0.717, 1.165) is 5.56 Å². The first-order chi connectivity index (χ1) is 9.61. The molecule has 0 aliphatic carbocycles. The van der Waals surface area contributed by atoms with Crippen LogP contribution < -0.4 is 5.32 Å². The van der Waals surface area contributed by atoms with Crippen molar-refractivity contribution in [1.29, 1.82) is 5.41 Å². The number of hydrogen-bond acceptors (Lipinski definition) is 3. The van der Waals surface area contributed by atoms with Crippen molar-refractivity contribution in [3.05, 3.63) is 35.1 Å². The molecule has 0 aromatic heterocycles.